The average Bonchev–Trinajstić information content (AvgIpc) is 2.81. The second-order valence-corrected chi connectivity index (χ2v) is 4.69. The minimum atomic E-state index is 0.281. The molecule has 1 aliphatic heterocycles. The molecule has 3 rings (SSSR count). The van der Waals surface area contributed by atoms with Gasteiger partial charge in [-0.1, -0.05) is 0 Å². The third kappa shape index (κ3) is 1.82. The van der Waals surface area contributed by atoms with Gasteiger partial charge >= 0.3 is 0 Å². The van der Waals surface area contributed by atoms with Crippen LogP contribution in [0.1, 0.15) is 18.4 Å². The second kappa shape index (κ2) is 3.91. The smallest absolute Gasteiger partial charge is 0.129 e. The number of pyridine rings is 1. The summed E-state index contributed by atoms with van der Waals surface area (Å²) in [6.07, 6.45) is 2.50. The van der Waals surface area contributed by atoms with E-state index in [2.05, 4.69) is 22.9 Å². The van der Waals surface area contributed by atoms with E-state index in [1.54, 1.807) is 12.1 Å². The fourth-order valence-electron chi connectivity index (χ4n) is 2.48. The van der Waals surface area contributed by atoms with E-state index in [1.165, 1.54) is 18.4 Å². The van der Waals surface area contributed by atoms with E-state index in [1.807, 2.05) is 6.07 Å². The first-order chi connectivity index (χ1) is 8.24. The maximum atomic E-state index is 9.52. The van der Waals surface area contributed by atoms with Crippen LogP contribution >= 0.6 is 0 Å². The van der Waals surface area contributed by atoms with E-state index in [9.17, 15) is 5.11 Å². The molecule has 1 saturated heterocycles. The lowest BCUT2D eigenvalue weighted by Gasteiger charge is -2.17. The summed E-state index contributed by atoms with van der Waals surface area (Å²) in [4.78, 5) is 6.96. The number of hydrogen-bond acceptors (Lipinski definition) is 3. The molecule has 0 radical (unpaired) electrons. The van der Waals surface area contributed by atoms with Crippen molar-refractivity contribution < 1.29 is 5.11 Å². The number of aryl methyl sites for hydroxylation is 1. The monoisotopic (exact) mass is 228 g/mol. The molecule has 1 fully saturated rings. The highest BCUT2D eigenvalue weighted by molar-refractivity contribution is 5.85. The van der Waals surface area contributed by atoms with Crippen molar-refractivity contribution in [3.63, 3.8) is 0 Å². The van der Waals surface area contributed by atoms with Crippen molar-refractivity contribution in [1.29, 1.82) is 0 Å². The molecule has 0 bridgehead atoms. The SMILES string of the molecule is Cc1cc(N2CCCC2)nc2cc(O)ccc12. The maximum Gasteiger partial charge on any atom is 0.129 e. The van der Waals surface area contributed by atoms with Crippen molar-refractivity contribution >= 4 is 16.7 Å². The molecule has 3 nitrogen and oxygen atoms in total. The lowest BCUT2D eigenvalue weighted by atomic mass is 10.1. The molecule has 2 aromatic rings. The number of fused-ring (bicyclic) bond motifs is 1. The third-order valence-corrected chi connectivity index (χ3v) is 3.42. The lowest BCUT2D eigenvalue weighted by molar-refractivity contribution is 0.476. The van der Waals surface area contributed by atoms with Gasteiger partial charge in [-0.3, -0.25) is 0 Å². The van der Waals surface area contributed by atoms with E-state index >= 15 is 0 Å². The highest BCUT2D eigenvalue weighted by Gasteiger charge is 2.14. The summed E-state index contributed by atoms with van der Waals surface area (Å²) in [6, 6.07) is 7.53. The first kappa shape index (κ1) is 10.4. The third-order valence-electron chi connectivity index (χ3n) is 3.42. The Hall–Kier alpha value is -1.77. The molecular formula is C14H16N2O. The minimum absolute atomic E-state index is 0.281. The Balaban J connectivity index is 2.14. The lowest BCUT2D eigenvalue weighted by Crippen LogP contribution is -2.19. The van der Waals surface area contributed by atoms with Crippen molar-refractivity contribution in [3.8, 4) is 5.75 Å². The van der Waals surface area contributed by atoms with Crippen LogP contribution in [0.5, 0.6) is 5.75 Å². The van der Waals surface area contributed by atoms with Gasteiger partial charge < -0.3 is 10.0 Å². The number of anilines is 1. The van der Waals surface area contributed by atoms with Crippen molar-refractivity contribution in [3.05, 3.63) is 29.8 Å². The standard InChI is InChI=1S/C14H16N2O/c1-10-8-14(16-6-2-3-7-16)15-13-9-11(17)4-5-12(10)13/h4-5,8-9,17H,2-3,6-7H2,1H3. The van der Waals surface area contributed by atoms with Crippen LogP contribution in [0, 0.1) is 6.92 Å². The average molecular weight is 228 g/mol. The summed E-state index contributed by atoms with van der Waals surface area (Å²) in [7, 11) is 0. The van der Waals surface area contributed by atoms with E-state index in [-0.39, 0.29) is 5.75 Å². The zero-order valence-electron chi connectivity index (χ0n) is 9.98. The number of benzene rings is 1. The predicted molar refractivity (Wildman–Crippen MR) is 69.6 cm³/mol. The van der Waals surface area contributed by atoms with Gasteiger partial charge in [0.2, 0.25) is 0 Å². The number of nitrogens with zero attached hydrogens (tertiary/aromatic N) is 2. The van der Waals surface area contributed by atoms with Crippen molar-refractivity contribution in [2.45, 2.75) is 19.8 Å². The Morgan fingerprint density at radius 2 is 1.94 bits per heavy atom. The molecular weight excluding hydrogens is 212 g/mol. The quantitative estimate of drug-likeness (QED) is 0.815. The van der Waals surface area contributed by atoms with Crippen LogP contribution in [-0.4, -0.2) is 23.2 Å². The van der Waals surface area contributed by atoms with Gasteiger partial charge in [0, 0.05) is 24.5 Å². The molecule has 0 atom stereocenters. The predicted octanol–water partition coefficient (Wildman–Crippen LogP) is 2.85. The summed E-state index contributed by atoms with van der Waals surface area (Å²) >= 11 is 0. The van der Waals surface area contributed by atoms with Gasteiger partial charge in [-0.05, 0) is 43.5 Å². The maximum absolute atomic E-state index is 9.52. The topological polar surface area (TPSA) is 36.4 Å². The van der Waals surface area contributed by atoms with Crippen molar-refractivity contribution in [2.24, 2.45) is 0 Å². The van der Waals surface area contributed by atoms with Gasteiger partial charge in [-0.15, -0.1) is 0 Å². The van der Waals surface area contributed by atoms with Gasteiger partial charge in [0.1, 0.15) is 11.6 Å². The molecule has 1 aliphatic rings. The number of phenols is 1. The Bertz CT molecular complexity index is 559. The molecule has 0 amide bonds. The number of hydrogen-bond donors (Lipinski definition) is 1. The van der Waals surface area contributed by atoms with E-state index in [0.29, 0.717) is 0 Å². The number of aromatic nitrogens is 1. The fourth-order valence-corrected chi connectivity index (χ4v) is 2.48. The van der Waals surface area contributed by atoms with Crippen LogP contribution in [0.2, 0.25) is 0 Å². The van der Waals surface area contributed by atoms with Gasteiger partial charge in [-0.2, -0.15) is 0 Å². The van der Waals surface area contributed by atoms with E-state index < -0.39 is 0 Å². The molecule has 0 spiro atoms. The summed E-state index contributed by atoms with van der Waals surface area (Å²) in [5.74, 6) is 1.32. The molecule has 0 unspecified atom stereocenters. The first-order valence-electron chi connectivity index (χ1n) is 6.09. The van der Waals surface area contributed by atoms with Crippen molar-refractivity contribution in [2.75, 3.05) is 18.0 Å². The van der Waals surface area contributed by atoms with Crippen LogP contribution in [0.4, 0.5) is 5.82 Å². The van der Waals surface area contributed by atoms with Crippen molar-refractivity contribution in [1.82, 2.24) is 4.98 Å². The van der Waals surface area contributed by atoms with Gasteiger partial charge in [0.25, 0.3) is 0 Å². The minimum Gasteiger partial charge on any atom is -0.508 e. The van der Waals surface area contributed by atoms with Crippen LogP contribution < -0.4 is 4.90 Å². The molecule has 2 heterocycles. The van der Waals surface area contributed by atoms with Gasteiger partial charge in [0.05, 0.1) is 5.52 Å². The number of phenolic OH excluding ortho intramolecular Hbond substituents is 1. The normalized spacial score (nSPS) is 15.7. The molecule has 3 heteroatoms. The molecule has 1 N–H and O–H groups in total. The Kier molecular flexibility index (Phi) is 2.39. The Labute approximate surface area is 101 Å². The zero-order chi connectivity index (χ0) is 11.8. The molecule has 0 aliphatic carbocycles. The van der Waals surface area contributed by atoms with Gasteiger partial charge in [0.15, 0.2) is 0 Å². The van der Waals surface area contributed by atoms with Crippen LogP contribution in [0.15, 0.2) is 24.3 Å². The summed E-state index contributed by atoms with van der Waals surface area (Å²) in [5.41, 5.74) is 2.10. The summed E-state index contributed by atoms with van der Waals surface area (Å²) in [6.45, 7) is 4.29. The Morgan fingerprint density at radius 1 is 1.18 bits per heavy atom. The van der Waals surface area contributed by atoms with E-state index in [0.717, 1.165) is 29.8 Å². The van der Waals surface area contributed by atoms with Crippen LogP contribution in [0.3, 0.4) is 0 Å². The summed E-state index contributed by atoms with van der Waals surface area (Å²) < 4.78 is 0. The molecule has 88 valence electrons. The molecule has 0 saturated carbocycles. The fraction of sp³-hybridized carbons (Fsp3) is 0.357. The second-order valence-electron chi connectivity index (χ2n) is 4.69. The Morgan fingerprint density at radius 3 is 2.71 bits per heavy atom. The summed E-state index contributed by atoms with van der Waals surface area (Å²) in [5, 5.41) is 10.6. The van der Waals surface area contributed by atoms with Crippen LogP contribution in [0.25, 0.3) is 10.9 Å². The highest BCUT2D eigenvalue weighted by Crippen LogP contribution is 2.26. The van der Waals surface area contributed by atoms with E-state index in [4.69, 9.17) is 0 Å². The van der Waals surface area contributed by atoms with Crippen LogP contribution in [-0.2, 0) is 0 Å². The highest BCUT2D eigenvalue weighted by atomic mass is 16.3. The number of rotatable bonds is 1. The molecule has 1 aromatic heterocycles. The largest absolute Gasteiger partial charge is 0.508 e. The first-order valence-corrected chi connectivity index (χ1v) is 6.09. The molecule has 17 heavy (non-hydrogen) atoms. The molecule has 1 aromatic carbocycles. The zero-order valence-corrected chi connectivity index (χ0v) is 9.98. The van der Waals surface area contributed by atoms with Gasteiger partial charge in [-0.25, -0.2) is 4.98 Å². The number of aromatic hydroxyl groups is 1.